The van der Waals surface area contributed by atoms with Crippen LogP contribution in [0.2, 0.25) is 0 Å². The first kappa shape index (κ1) is 20.2. The van der Waals surface area contributed by atoms with Gasteiger partial charge in [-0.2, -0.15) is 8.78 Å². The molecule has 2 aliphatic rings. The maximum atomic E-state index is 14.4. The van der Waals surface area contributed by atoms with Crippen LogP contribution in [0, 0.1) is 23.5 Å². The van der Waals surface area contributed by atoms with Crippen molar-refractivity contribution in [1.82, 2.24) is 0 Å². The van der Waals surface area contributed by atoms with E-state index in [9.17, 15) is 17.6 Å². The lowest BCUT2D eigenvalue weighted by Crippen LogP contribution is -2.31. The Balaban J connectivity index is 1.38. The summed E-state index contributed by atoms with van der Waals surface area (Å²) in [5, 5.41) is 0. The molecule has 3 nitrogen and oxygen atoms in total. The van der Waals surface area contributed by atoms with Gasteiger partial charge in [-0.3, -0.25) is 0 Å². The Hall–Kier alpha value is -2.12. The van der Waals surface area contributed by atoms with Crippen molar-refractivity contribution in [2.75, 3.05) is 13.2 Å². The normalized spacial score (nSPS) is 23.3. The fourth-order valence-corrected chi connectivity index (χ4v) is 3.99. The van der Waals surface area contributed by atoms with Gasteiger partial charge >= 0.3 is 6.11 Å². The average molecular weight is 410 g/mol. The van der Waals surface area contributed by atoms with Gasteiger partial charge in [0.15, 0.2) is 17.9 Å². The van der Waals surface area contributed by atoms with Crippen LogP contribution in [0.3, 0.4) is 0 Å². The van der Waals surface area contributed by atoms with Gasteiger partial charge in [-0.25, -0.2) is 8.78 Å². The minimum Gasteiger partial charge on any atom is -0.429 e. The third kappa shape index (κ3) is 4.56. The van der Waals surface area contributed by atoms with Crippen LogP contribution in [-0.2, 0) is 15.6 Å². The van der Waals surface area contributed by atoms with E-state index in [2.05, 4.69) is 4.74 Å². The third-order valence-corrected chi connectivity index (χ3v) is 5.65. The van der Waals surface area contributed by atoms with Crippen LogP contribution < -0.4 is 4.74 Å². The van der Waals surface area contributed by atoms with Crippen LogP contribution in [0.15, 0.2) is 42.5 Å². The Morgan fingerprint density at radius 3 is 2.10 bits per heavy atom. The summed E-state index contributed by atoms with van der Waals surface area (Å²) in [7, 11) is 0. The Labute approximate surface area is 166 Å². The quantitative estimate of drug-likeness (QED) is 0.571. The first-order chi connectivity index (χ1) is 13.9. The SMILES string of the molecule is Fc1ccc(OC(F)(F)c2ccc(C3OCC(C4CCCC4)CO3)cc2)cc1F. The molecule has 0 N–H and O–H groups in total. The highest BCUT2D eigenvalue weighted by Crippen LogP contribution is 2.37. The molecule has 0 atom stereocenters. The molecule has 156 valence electrons. The second-order valence-corrected chi connectivity index (χ2v) is 7.62. The van der Waals surface area contributed by atoms with Gasteiger partial charge in [-0.1, -0.05) is 37.8 Å². The summed E-state index contributed by atoms with van der Waals surface area (Å²) in [6, 6.07) is 7.69. The monoisotopic (exact) mass is 410 g/mol. The zero-order valence-corrected chi connectivity index (χ0v) is 15.8. The first-order valence-corrected chi connectivity index (χ1v) is 9.78. The van der Waals surface area contributed by atoms with Gasteiger partial charge in [0.25, 0.3) is 0 Å². The van der Waals surface area contributed by atoms with Gasteiger partial charge in [0.2, 0.25) is 0 Å². The molecule has 0 radical (unpaired) electrons. The first-order valence-electron chi connectivity index (χ1n) is 9.78. The van der Waals surface area contributed by atoms with Crippen LogP contribution in [0.1, 0.15) is 43.1 Å². The summed E-state index contributed by atoms with van der Waals surface area (Å²) in [5.41, 5.74) is 0.230. The Kier molecular flexibility index (Phi) is 5.79. The van der Waals surface area contributed by atoms with Crippen molar-refractivity contribution in [1.29, 1.82) is 0 Å². The van der Waals surface area contributed by atoms with Crippen molar-refractivity contribution in [3.63, 3.8) is 0 Å². The molecule has 2 aromatic rings. The molecule has 0 spiro atoms. The van der Waals surface area contributed by atoms with Gasteiger partial charge in [0, 0.05) is 17.5 Å². The molecule has 4 rings (SSSR count). The molecule has 0 unspecified atom stereocenters. The van der Waals surface area contributed by atoms with Crippen molar-refractivity contribution in [2.45, 2.75) is 38.1 Å². The summed E-state index contributed by atoms with van der Waals surface area (Å²) in [6.07, 6.45) is 0.653. The number of alkyl halides is 2. The zero-order chi connectivity index (χ0) is 20.4. The van der Waals surface area contributed by atoms with Gasteiger partial charge in [-0.15, -0.1) is 0 Å². The van der Waals surface area contributed by atoms with Crippen LogP contribution in [-0.4, -0.2) is 13.2 Å². The van der Waals surface area contributed by atoms with E-state index in [4.69, 9.17) is 9.47 Å². The Morgan fingerprint density at radius 2 is 1.48 bits per heavy atom. The van der Waals surface area contributed by atoms with Gasteiger partial charge in [0.05, 0.1) is 18.8 Å². The topological polar surface area (TPSA) is 27.7 Å². The van der Waals surface area contributed by atoms with Crippen molar-refractivity contribution in [3.8, 4) is 5.75 Å². The van der Waals surface area contributed by atoms with Crippen LogP contribution in [0.25, 0.3) is 0 Å². The number of hydrogen-bond acceptors (Lipinski definition) is 3. The molecular weight excluding hydrogens is 388 g/mol. The molecule has 1 saturated heterocycles. The highest BCUT2D eigenvalue weighted by molar-refractivity contribution is 5.29. The van der Waals surface area contributed by atoms with Crippen molar-refractivity contribution >= 4 is 0 Å². The number of benzene rings is 2. The molecule has 0 bridgehead atoms. The van der Waals surface area contributed by atoms with E-state index in [1.54, 1.807) is 0 Å². The highest BCUT2D eigenvalue weighted by atomic mass is 19.3. The summed E-state index contributed by atoms with van der Waals surface area (Å²) in [4.78, 5) is 0. The Bertz CT molecular complexity index is 826. The minimum atomic E-state index is -3.70. The molecule has 29 heavy (non-hydrogen) atoms. The van der Waals surface area contributed by atoms with Gasteiger partial charge in [-0.05, 0) is 30.2 Å². The van der Waals surface area contributed by atoms with E-state index in [1.807, 2.05) is 0 Å². The summed E-state index contributed by atoms with van der Waals surface area (Å²) < 4.78 is 71.1. The van der Waals surface area contributed by atoms with E-state index in [0.717, 1.165) is 12.1 Å². The van der Waals surface area contributed by atoms with Crippen LogP contribution in [0.4, 0.5) is 17.6 Å². The standard InChI is InChI=1S/C22H22F4O3/c23-19-10-9-18(11-20(19)24)29-22(25,26)17-7-5-15(6-8-17)21-27-12-16(13-28-21)14-3-1-2-4-14/h5-11,14,16,21H,1-4,12-13H2. The number of halogens is 4. The maximum Gasteiger partial charge on any atom is 0.426 e. The average Bonchev–Trinajstić information content (AvgIpc) is 3.26. The van der Waals surface area contributed by atoms with Gasteiger partial charge in [0.1, 0.15) is 5.75 Å². The number of rotatable bonds is 5. The lowest BCUT2D eigenvalue weighted by atomic mass is 9.92. The van der Waals surface area contributed by atoms with E-state index < -0.39 is 35.3 Å². The molecule has 7 heteroatoms. The molecule has 0 amide bonds. The summed E-state index contributed by atoms with van der Waals surface area (Å²) >= 11 is 0. The molecule has 1 aliphatic heterocycles. The van der Waals surface area contributed by atoms with Crippen LogP contribution >= 0.6 is 0 Å². The van der Waals surface area contributed by atoms with Crippen LogP contribution in [0.5, 0.6) is 5.75 Å². The van der Waals surface area contributed by atoms with E-state index >= 15 is 0 Å². The summed E-state index contributed by atoms with van der Waals surface area (Å²) in [6.45, 7) is 1.21. The van der Waals surface area contributed by atoms with Crippen molar-refractivity contribution < 1.29 is 31.8 Å². The minimum absolute atomic E-state index is 0.391. The fraction of sp³-hybridized carbons (Fsp3) is 0.455. The Morgan fingerprint density at radius 1 is 0.828 bits per heavy atom. The highest BCUT2D eigenvalue weighted by Gasteiger charge is 2.36. The number of ether oxygens (including phenoxy) is 3. The molecule has 1 saturated carbocycles. The summed E-state index contributed by atoms with van der Waals surface area (Å²) in [5.74, 6) is -1.81. The van der Waals surface area contributed by atoms with E-state index in [0.29, 0.717) is 36.7 Å². The molecule has 2 aromatic carbocycles. The largest absolute Gasteiger partial charge is 0.429 e. The number of hydrogen-bond donors (Lipinski definition) is 0. The van der Waals surface area contributed by atoms with E-state index in [1.165, 1.54) is 49.9 Å². The lowest BCUT2D eigenvalue weighted by molar-refractivity contribution is -0.212. The smallest absolute Gasteiger partial charge is 0.426 e. The maximum absolute atomic E-state index is 14.4. The third-order valence-electron chi connectivity index (χ3n) is 5.65. The predicted molar refractivity (Wildman–Crippen MR) is 97.4 cm³/mol. The molecule has 1 aliphatic carbocycles. The molecule has 0 aromatic heterocycles. The predicted octanol–water partition coefficient (Wildman–Crippen LogP) is 5.94. The lowest BCUT2D eigenvalue weighted by Gasteiger charge is -2.33. The molecular formula is C22H22F4O3. The van der Waals surface area contributed by atoms with Gasteiger partial charge < -0.3 is 14.2 Å². The van der Waals surface area contributed by atoms with Crippen molar-refractivity contribution in [2.24, 2.45) is 11.8 Å². The molecule has 2 fully saturated rings. The molecule has 1 heterocycles. The van der Waals surface area contributed by atoms with E-state index in [-0.39, 0.29) is 0 Å². The zero-order valence-electron chi connectivity index (χ0n) is 15.8. The second kappa shape index (κ2) is 8.32. The van der Waals surface area contributed by atoms with Crippen molar-refractivity contribution in [3.05, 3.63) is 65.2 Å². The fourth-order valence-electron chi connectivity index (χ4n) is 3.99. The second-order valence-electron chi connectivity index (χ2n) is 7.62.